The minimum absolute atomic E-state index is 0.00876. The van der Waals surface area contributed by atoms with E-state index in [1.165, 1.54) is 0 Å². The van der Waals surface area contributed by atoms with Gasteiger partial charge in [-0.15, -0.1) is 0 Å². The third kappa shape index (κ3) is 2.91. The van der Waals surface area contributed by atoms with E-state index in [0.29, 0.717) is 45.6 Å². The molecule has 162 valence electrons. The number of ether oxygens (including phenoxy) is 6. The smallest absolute Gasteiger partial charge is 0.174 e. The number of carbonyl (C=O) groups excluding carboxylic acids is 1. The summed E-state index contributed by atoms with van der Waals surface area (Å²) in [5, 5.41) is 0. The van der Waals surface area contributed by atoms with E-state index in [2.05, 4.69) is 0 Å². The van der Waals surface area contributed by atoms with Gasteiger partial charge in [0.15, 0.2) is 23.4 Å². The first kappa shape index (κ1) is 19.6. The number of hydrogen-bond acceptors (Lipinski definition) is 7. The van der Waals surface area contributed by atoms with Crippen molar-refractivity contribution in [1.82, 2.24) is 0 Å². The number of hydrogen-bond donors (Lipinski definition) is 0. The topological polar surface area (TPSA) is 72.5 Å². The van der Waals surface area contributed by atoms with Gasteiger partial charge >= 0.3 is 0 Å². The fraction of sp³-hybridized carbons (Fsp3) is 0.375. The Morgan fingerprint density at radius 3 is 2.42 bits per heavy atom. The first-order valence-electron chi connectivity index (χ1n) is 10.1. The van der Waals surface area contributed by atoms with E-state index in [1.807, 2.05) is 32.0 Å². The van der Waals surface area contributed by atoms with E-state index >= 15 is 0 Å². The molecule has 0 saturated carbocycles. The predicted octanol–water partition coefficient (Wildman–Crippen LogP) is 4.12. The van der Waals surface area contributed by atoms with Crippen molar-refractivity contribution in [1.29, 1.82) is 0 Å². The monoisotopic (exact) mass is 424 g/mol. The van der Waals surface area contributed by atoms with Gasteiger partial charge in [0.2, 0.25) is 0 Å². The molecule has 0 spiro atoms. The summed E-state index contributed by atoms with van der Waals surface area (Å²) < 4.78 is 35.1. The summed E-state index contributed by atoms with van der Waals surface area (Å²) >= 11 is 0. The molecule has 0 unspecified atom stereocenters. The van der Waals surface area contributed by atoms with Crippen LogP contribution >= 0.6 is 0 Å². The molecule has 0 fully saturated rings. The van der Waals surface area contributed by atoms with Crippen LogP contribution < -0.4 is 23.7 Å². The van der Waals surface area contributed by atoms with Gasteiger partial charge in [0.25, 0.3) is 0 Å². The molecule has 7 heteroatoms. The molecule has 0 amide bonds. The minimum Gasteiger partial charge on any atom is -0.496 e. The molecule has 0 aliphatic carbocycles. The van der Waals surface area contributed by atoms with Crippen molar-refractivity contribution >= 4 is 17.1 Å². The fourth-order valence-corrected chi connectivity index (χ4v) is 4.50. The Morgan fingerprint density at radius 2 is 1.71 bits per heavy atom. The molecule has 0 bridgehead atoms. The van der Waals surface area contributed by atoms with Crippen LogP contribution in [0.1, 0.15) is 41.8 Å². The molecule has 7 nitrogen and oxygen atoms in total. The number of carbonyl (C=O) groups is 1. The lowest BCUT2D eigenvalue weighted by Gasteiger charge is -2.38. The van der Waals surface area contributed by atoms with Crippen LogP contribution in [0, 0.1) is 0 Å². The summed E-state index contributed by atoms with van der Waals surface area (Å²) in [6.45, 7) is 4.08. The van der Waals surface area contributed by atoms with E-state index in [1.54, 1.807) is 27.4 Å². The van der Waals surface area contributed by atoms with Crippen LogP contribution in [0.4, 0.5) is 0 Å². The third-order valence-electron chi connectivity index (χ3n) is 5.81. The molecule has 3 aliphatic heterocycles. The second kappa shape index (κ2) is 6.83. The highest BCUT2D eigenvalue weighted by Crippen LogP contribution is 2.51. The Hall–Kier alpha value is -3.35. The summed E-state index contributed by atoms with van der Waals surface area (Å²) in [5.41, 5.74) is 2.27. The first-order valence-corrected chi connectivity index (χ1v) is 10.1. The van der Waals surface area contributed by atoms with Crippen LogP contribution in [0.15, 0.2) is 24.3 Å². The van der Waals surface area contributed by atoms with Crippen molar-refractivity contribution in [2.45, 2.75) is 32.0 Å². The molecule has 2 aromatic rings. The van der Waals surface area contributed by atoms with E-state index in [0.717, 1.165) is 11.1 Å². The van der Waals surface area contributed by atoms with Gasteiger partial charge in [-0.3, -0.25) is 4.79 Å². The largest absolute Gasteiger partial charge is 0.496 e. The number of methoxy groups -OCH3 is 3. The maximum absolute atomic E-state index is 13.0. The standard InChI is InChI=1S/C24H24O7/c1-24(2)10-14(25)21-15(31-24)7-6-12-22(28-5)20-13-8-17(26-3)18(27-4)9-16(13)29-11-19(20)30-23(12)21/h6-9,19H,10-11H2,1-5H3/t19-/m1/s1. The molecule has 0 saturated heterocycles. The Kier molecular flexibility index (Phi) is 4.32. The highest BCUT2D eigenvalue weighted by atomic mass is 16.5. The lowest BCUT2D eigenvalue weighted by atomic mass is 9.87. The molecule has 0 radical (unpaired) electrons. The van der Waals surface area contributed by atoms with E-state index in [9.17, 15) is 4.79 Å². The molecule has 0 N–H and O–H groups in total. The van der Waals surface area contributed by atoms with E-state index in [4.69, 9.17) is 28.4 Å². The number of fused-ring (bicyclic) bond motifs is 6. The fourth-order valence-electron chi connectivity index (χ4n) is 4.50. The SMILES string of the molecule is COC1=C2c3cc(OC)c(OC)cc3OC[C@H]2Oc2c1ccc1c2C(=O)CC(C)(C)O1. The van der Waals surface area contributed by atoms with Crippen LogP contribution in [0.3, 0.4) is 0 Å². The van der Waals surface area contributed by atoms with Crippen molar-refractivity contribution < 1.29 is 33.2 Å². The lowest BCUT2D eigenvalue weighted by molar-refractivity contribution is 0.0604. The average molecular weight is 424 g/mol. The van der Waals surface area contributed by atoms with Crippen molar-refractivity contribution in [2.24, 2.45) is 0 Å². The summed E-state index contributed by atoms with van der Waals surface area (Å²) in [7, 11) is 4.79. The Balaban J connectivity index is 1.73. The zero-order chi connectivity index (χ0) is 21.9. The number of benzene rings is 2. The van der Waals surface area contributed by atoms with E-state index < -0.39 is 11.7 Å². The Labute approximate surface area is 180 Å². The molecule has 3 aliphatic rings. The molecular weight excluding hydrogens is 400 g/mol. The van der Waals surface area contributed by atoms with Gasteiger partial charge in [0.1, 0.15) is 40.8 Å². The van der Waals surface area contributed by atoms with Crippen molar-refractivity contribution in [3.05, 3.63) is 41.0 Å². The first-order chi connectivity index (χ1) is 14.9. The number of rotatable bonds is 3. The highest BCUT2D eigenvalue weighted by molar-refractivity contribution is 6.06. The molecule has 31 heavy (non-hydrogen) atoms. The number of Topliss-reactive ketones (excluding diaryl/α,β-unsaturated/α-hetero) is 1. The van der Waals surface area contributed by atoms with Gasteiger partial charge in [0, 0.05) is 17.2 Å². The predicted molar refractivity (Wildman–Crippen MR) is 113 cm³/mol. The van der Waals surface area contributed by atoms with Crippen molar-refractivity contribution in [2.75, 3.05) is 27.9 Å². The van der Waals surface area contributed by atoms with E-state index in [-0.39, 0.29) is 18.8 Å². The molecule has 2 aromatic carbocycles. The van der Waals surface area contributed by atoms with Gasteiger partial charge in [-0.25, -0.2) is 0 Å². The van der Waals surface area contributed by atoms with Crippen LogP contribution in [-0.2, 0) is 4.74 Å². The Morgan fingerprint density at radius 1 is 0.968 bits per heavy atom. The third-order valence-corrected chi connectivity index (χ3v) is 5.81. The van der Waals surface area contributed by atoms with Gasteiger partial charge in [-0.1, -0.05) is 0 Å². The van der Waals surface area contributed by atoms with Crippen LogP contribution in [0.2, 0.25) is 0 Å². The van der Waals surface area contributed by atoms with Gasteiger partial charge in [-0.05, 0) is 32.0 Å². The summed E-state index contributed by atoms with van der Waals surface area (Å²) in [6, 6.07) is 7.34. The average Bonchev–Trinajstić information content (AvgIpc) is 2.74. The van der Waals surface area contributed by atoms with Crippen LogP contribution in [0.25, 0.3) is 11.3 Å². The number of ketones is 1. The second-order valence-electron chi connectivity index (χ2n) is 8.34. The van der Waals surface area contributed by atoms with Crippen molar-refractivity contribution in [3.63, 3.8) is 0 Å². The molecule has 3 heterocycles. The zero-order valence-electron chi connectivity index (χ0n) is 18.2. The van der Waals surface area contributed by atoms with Crippen LogP contribution in [0.5, 0.6) is 28.7 Å². The molecule has 5 rings (SSSR count). The Bertz CT molecular complexity index is 1130. The quantitative estimate of drug-likeness (QED) is 0.734. The molecule has 0 aromatic heterocycles. The summed E-state index contributed by atoms with van der Waals surface area (Å²) in [4.78, 5) is 13.0. The maximum atomic E-state index is 13.0. The molecular formula is C24H24O7. The summed E-state index contributed by atoms with van der Waals surface area (Å²) in [6.07, 6.45) is -0.165. The normalized spacial score (nSPS) is 20.2. The van der Waals surface area contributed by atoms with Gasteiger partial charge < -0.3 is 28.4 Å². The maximum Gasteiger partial charge on any atom is 0.174 e. The highest BCUT2D eigenvalue weighted by Gasteiger charge is 2.42. The van der Waals surface area contributed by atoms with Gasteiger partial charge in [-0.2, -0.15) is 0 Å². The second-order valence-corrected chi connectivity index (χ2v) is 8.34. The summed E-state index contributed by atoms with van der Waals surface area (Å²) in [5.74, 6) is 3.46. The van der Waals surface area contributed by atoms with Crippen molar-refractivity contribution in [3.8, 4) is 28.7 Å². The molecule has 1 atom stereocenters. The van der Waals surface area contributed by atoms with Crippen LogP contribution in [-0.4, -0.2) is 45.4 Å². The zero-order valence-corrected chi connectivity index (χ0v) is 18.2. The van der Waals surface area contributed by atoms with Gasteiger partial charge in [0.05, 0.1) is 33.3 Å². The lowest BCUT2D eigenvalue weighted by Crippen LogP contribution is -2.38. The minimum atomic E-state index is -0.555.